The van der Waals surface area contributed by atoms with Crippen molar-refractivity contribution < 1.29 is 19.2 Å². The fourth-order valence-corrected chi connectivity index (χ4v) is 3.45. The molecule has 0 heterocycles. The summed E-state index contributed by atoms with van der Waals surface area (Å²) in [5.41, 5.74) is 4.00. The highest BCUT2D eigenvalue weighted by atomic mass is 79.9. The van der Waals surface area contributed by atoms with Crippen molar-refractivity contribution in [2.45, 2.75) is 6.61 Å². The number of hydrogen-bond donors (Lipinski definition) is 1. The summed E-state index contributed by atoms with van der Waals surface area (Å²) in [6.07, 6.45) is 1.44. The van der Waals surface area contributed by atoms with Gasteiger partial charge in [0.1, 0.15) is 6.61 Å². The number of hydrogen-bond acceptors (Lipinski definition) is 6. The quantitative estimate of drug-likeness (QED) is 0.246. The molecule has 0 radical (unpaired) electrons. The summed E-state index contributed by atoms with van der Waals surface area (Å²) < 4.78 is 11.9. The van der Waals surface area contributed by atoms with Crippen molar-refractivity contribution in [3.05, 3.63) is 97.0 Å². The van der Waals surface area contributed by atoms with Crippen LogP contribution in [0.3, 0.4) is 0 Å². The van der Waals surface area contributed by atoms with Crippen LogP contribution in [-0.4, -0.2) is 24.2 Å². The van der Waals surface area contributed by atoms with Crippen molar-refractivity contribution >= 4 is 45.3 Å². The maximum Gasteiger partial charge on any atom is 0.271 e. The molecule has 0 fully saturated rings. The Morgan fingerprint density at radius 2 is 1.94 bits per heavy atom. The average Bonchev–Trinajstić information content (AvgIpc) is 2.79. The minimum Gasteiger partial charge on any atom is -0.493 e. The van der Waals surface area contributed by atoms with E-state index in [1.54, 1.807) is 18.2 Å². The summed E-state index contributed by atoms with van der Waals surface area (Å²) in [7, 11) is 1.52. The first-order valence-corrected chi connectivity index (χ1v) is 10.4. The zero-order valence-corrected chi connectivity index (χ0v) is 19.1. The molecule has 32 heavy (non-hydrogen) atoms. The molecule has 0 saturated carbocycles. The van der Waals surface area contributed by atoms with Gasteiger partial charge in [0, 0.05) is 28.3 Å². The number of non-ortho nitro benzene ring substituents is 1. The van der Waals surface area contributed by atoms with E-state index in [1.807, 2.05) is 18.2 Å². The third kappa shape index (κ3) is 5.83. The van der Waals surface area contributed by atoms with Gasteiger partial charge in [-0.15, -0.1) is 0 Å². The lowest BCUT2D eigenvalue weighted by Gasteiger charge is -2.14. The van der Waals surface area contributed by atoms with Crippen molar-refractivity contribution in [2.75, 3.05) is 7.11 Å². The lowest BCUT2D eigenvalue weighted by atomic mass is 10.2. The third-order valence-electron chi connectivity index (χ3n) is 4.30. The largest absolute Gasteiger partial charge is 0.493 e. The minimum absolute atomic E-state index is 0.0983. The number of rotatable bonds is 8. The summed E-state index contributed by atoms with van der Waals surface area (Å²) in [5.74, 6) is 0.468. The minimum atomic E-state index is -0.535. The van der Waals surface area contributed by atoms with Crippen LogP contribution in [0.1, 0.15) is 21.5 Å². The molecule has 0 aliphatic heterocycles. The van der Waals surface area contributed by atoms with E-state index < -0.39 is 10.8 Å². The molecule has 3 aromatic rings. The molecule has 164 valence electrons. The van der Waals surface area contributed by atoms with Crippen LogP contribution in [-0.2, 0) is 6.61 Å². The number of nitrogens with one attached hydrogen (secondary N) is 1. The number of halogens is 2. The third-order valence-corrected chi connectivity index (χ3v) is 5.26. The molecule has 0 spiro atoms. The lowest BCUT2D eigenvalue weighted by Crippen LogP contribution is -2.17. The van der Waals surface area contributed by atoms with E-state index in [9.17, 15) is 14.9 Å². The number of carbonyl (C=O) groups is 1. The molecule has 0 atom stereocenters. The van der Waals surface area contributed by atoms with E-state index in [1.165, 1.54) is 37.6 Å². The van der Waals surface area contributed by atoms with Crippen LogP contribution in [0.5, 0.6) is 11.5 Å². The molecular formula is C22H17BrClN3O5. The van der Waals surface area contributed by atoms with Crippen LogP contribution in [0.2, 0.25) is 5.02 Å². The maximum absolute atomic E-state index is 12.1. The second kappa shape index (κ2) is 10.7. The summed E-state index contributed by atoms with van der Waals surface area (Å²) in [5, 5.41) is 15.2. The van der Waals surface area contributed by atoms with Crippen molar-refractivity contribution in [2.24, 2.45) is 5.10 Å². The van der Waals surface area contributed by atoms with Gasteiger partial charge in [-0.05, 0) is 51.8 Å². The van der Waals surface area contributed by atoms with Crippen LogP contribution in [0.4, 0.5) is 5.69 Å². The van der Waals surface area contributed by atoms with E-state index in [0.29, 0.717) is 26.6 Å². The molecule has 1 amide bonds. The maximum atomic E-state index is 12.1. The zero-order valence-electron chi connectivity index (χ0n) is 16.7. The van der Waals surface area contributed by atoms with Gasteiger partial charge in [0.25, 0.3) is 11.6 Å². The van der Waals surface area contributed by atoms with Gasteiger partial charge >= 0.3 is 0 Å². The molecule has 0 aromatic heterocycles. The van der Waals surface area contributed by atoms with Crippen LogP contribution >= 0.6 is 27.5 Å². The van der Waals surface area contributed by atoms with Gasteiger partial charge in [0.2, 0.25) is 0 Å². The Morgan fingerprint density at radius 1 is 1.22 bits per heavy atom. The molecule has 3 aromatic carbocycles. The van der Waals surface area contributed by atoms with Crippen molar-refractivity contribution in [3.8, 4) is 11.5 Å². The van der Waals surface area contributed by atoms with Crippen molar-refractivity contribution in [1.29, 1.82) is 0 Å². The summed E-state index contributed by atoms with van der Waals surface area (Å²) in [6, 6.07) is 16.1. The van der Waals surface area contributed by atoms with Gasteiger partial charge in [-0.3, -0.25) is 14.9 Å². The first-order valence-electron chi connectivity index (χ1n) is 9.20. The van der Waals surface area contributed by atoms with Gasteiger partial charge in [-0.1, -0.05) is 29.8 Å². The molecule has 0 aliphatic carbocycles. The van der Waals surface area contributed by atoms with Crippen LogP contribution in [0, 0.1) is 10.1 Å². The smallest absolute Gasteiger partial charge is 0.271 e. The predicted molar refractivity (Wildman–Crippen MR) is 125 cm³/mol. The number of nitrogens with zero attached hydrogens (tertiary/aromatic N) is 2. The number of nitro benzene ring substituents is 1. The van der Waals surface area contributed by atoms with Crippen molar-refractivity contribution in [1.82, 2.24) is 5.43 Å². The highest BCUT2D eigenvalue weighted by molar-refractivity contribution is 9.10. The number of hydrazone groups is 1. The monoisotopic (exact) mass is 517 g/mol. The van der Waals surface area contributed by atoms with Crippen LogP contribution < -0.4 is 14.9 Å². The Labute approximate surface area is 197 Å². The summed E-state index contributed by atoms with van der Waals surface area (Å²) >= 11 is 9.64. The Kier molecular flexibility index (Phi) is 7.80. The van der Waals surface area contributed by atoms with Gasteiger partial charge in [-0.25, -0.2) is 5.43 Å². The van der Waals surface area contributed by atoms with E-state index in [2.05, 4.69) is 26.5 Å². The molecule has 3 rings (SSSR count). The van der Waals surface area contributed by atoms with E-state index in [0.717, 1.165) is 5.56 Å². The van der Waals surface area contributed by atoms with Gasteiger partial charge in [0.15, 0.2) is 11.5 Å². The zero-order chi connectivity index (χ0) is 23.1. The molecule has 0 bridgehead atoms. The molecular weight excluding hydrogens is 502 g/mol. The second-order valence-corrected chi connectivity index (χ2v) is 7.68. The van der Waals surface area contributed by atoms with Crippen LogP contribution in [0.25, 0.3) is 0 Å². The molecule has 0 unspecified atom stereocenters. The Hall–Kier alpha value is -3.43. The number of nitro groups is 1. The Bertz CT molecular complexity index is 1170. The molecule has 10 heteroatoms. The topological polar surface area (TPSA) is 103 Å². The lowest BCUT2D eigenvalue weighted by molar-refractivity contribution is -0.384. The Balaban J connectivity index is 1.68. The van der Waals surface area contributed by atoms with Crippen LogP contribution in [0.15, 0.2) is 70.2 Å². The number of methoxy groups -OCH3 is 1. The molecule has 0 saturated heterocycles. The Morgan fingerprint density at radius 3 is 2.59 bits per heavy atom. The molecule has 8 nitrogen and oxygen atoms in total. The van der Waals surface area contributed by atoms with E-state index in [4.69, 9.17) is 21.1 Å². The van der Waals surface area contributed by atoms with Crippen molar-refractivity contribution in [3.63, 3.8) is 0 Å². The molecule has 0 aliphatic rings. The SMILES string of the molecule is COc1cc(/C=N\NC(=O)c2ccc([N+](=O)[O-])cc2)cc(Br)c1OCc1ccccc1Cl. The van der Waals surface area contributed by atoms with Gasteiger partial charge in [-0.2, -0.15) is 5.10 Å². The number of ether oxygens (including phenoxy) is 2. The summed E-state index contributed by atoms with van der Waals surface area (Å²) in [6.45, 7) is 0.257. The fourth-order valence-electron chi connectivity index (χ4n) is 2.68. The van der Waals surface area contributed by atoms with E-state index in [-0.39, 0.29) is 17.9 Å². The fraction of sp³-hybridized carbons (Fsp3) is 0.0909. The number of benzene rings is 3. The highest BCUT2D eigenvalue weighted by Gasteiger charge is 2.13. The standard InChI is InChI=1S/C22H17BrClN3O5/c1-31-20-11-14(10-18(23)21(20)32-13-16-4-2-3-5-19(16)24)12-25-26-22(28)15-6-8-17(9-7-15)27(29)30/h2-12H,13H2,1H3,(H,26,28)/b25-12-. The average molecular weight is 519 g/mol. The van der Waals surface area contributed by atoms with Gasteiger partial charge in [0.05, 0.1) is 22.7 Å². The first-order chi connectivity index (χ1) is 15.4. The number of amides is 1. The number of carbonyl (C=O) groups excluding carboxylic acids is 1. The van der Waals surface area contributed by atoms with E-state index >= 15 is 0 Å². The summed E-state index contributed by atoms with van der Waals surface area (Å²) in [4.78, 5) is 22.3. The predicted octanol–water partition coefficient (Wildman–Crippen LogP) is 5.36. The first kappa shape index (κ1) is 23.2. The highest BCUT2D eigenvalue weighted by Crippen LogP contribution is 2.37. The normalized spacial score (nSPS) is 10.7. The molecule has 1 N–H and O–H groups in total. The second-order valence-electron chi connectivity index (χ2n) is 6.42. The van der Waals surface area contributed by atoms with Gasteiger partial charge < -0.3 is 9.47 Å².